The Bertz CT molecular complexity index is 463. The van der Waals surface area contributed by atoms with Gasteiger partial charge in [0.1, 0.15) is 11.4 Å². The molecule has 0 saturated carbocycles. The molecule has 7 heteroatoms. The van der Waals surface area contributed by atoms with Crippen LogP contribution in [0.1, 0.15) is 16.8 Å². The van der Waals surface area contributed by atoms with Crippen LogP contribution in [0.15, 0.2) is 12.1 Å². The van der Waals surface area contributed by atoms with Crippen molar-refractivity contribution in [1.82, 2.24) is 5.32 Å². The Kier molecular flexibility index (Phi) is 3.97. The highest BCUT2D eigenvalue weighted by atomic mass is 19.1. The van der Waals surface area contributed by atoms with Gasteiger partial charge in [-0.3, -0.25) is 9.59 Å². The molecular formula is C10H11F2N3O2. The molecule has 0 radical (unpaired) electrons. The number of benzene rings is 1. The molecule has 1 aromatic carbocycles. The van der Waals surface area contributed by atoms with E-state index in [1.165, 1.54) is 0 Å². The maximum absolute atomic E-state index is 13.4. The second kappa shape index (κ2) is 5.24. The maximum Gasteiger partial charge on any atom is 0.257 e. The van der Waals surface area contributed by atoms with Crippen LogP contribution >= 0.6 is 0 Å². The molecule has 1 rings (SSSR count). The minimum absolute atomic E-state index is 0.0954. The third-order valence-electron chi connectivity index (χ3n) is 2.01. The zero-order chi connectivity index (χ0) is 13.0. The number of carbonyl (C=O) groups excluding carboxylic acids is 2. The fraction of sp³-hybridized carbons (Fsp3) is 0.200. The van der Waals surface area contributed by atoms with E-state index in [1.807, 2.05) is 0 Å². The smallest absolute Gasteiger partial charge is 0.257 e. The van der Waals surface area contributed by atoms with Gasteiger partial charge in [-0.25, -0.2) is 8.78 Å². The molecule has 0 unspecified atom stereocenters. The summed E-state index contributed by atoms with van der Waals surface area (Å²) < 4.78 is 26.6. The van der Waals surface area contributed by atoms with Crippen molar-refractivity contribution in [3.05, 3.63) is 29.3 Å². The van der Waals surface area contributed by atoms with Gasteiger partial charge in [-0.05, 0) is 12.1 Å². The third kappa shape index (κ3) is 3.13. The van der Waals surface area contributed by atoms with Crippen LogP contribution in [-0.2, 0) is 4.79 Å². The summed E-state index contributed by atoms with van der Waals surface area (Å²) in [6.45, 7) is -0.0954. The van der Waals surface area contributed by atoms with Crippen LogP contribution in [0, 0.1) is 11.6 Å². The molecule has 0 saturated heterocycles. The van der Waals surface area contributed by atoms with Crippen LogP contribution in [-0.4, -0.2) is 18.4 Å². The quantitative estimate of drug-likeness (QED) is 0.656. The number of nitrogen functional groups attached to an aromatic ring is 1. The first kappa shape index (κ1) is 12.9. The van der Waals surface area contributed by atoms with Gasteiger partial charge in [-0.15, -0.1) is 0 Å². The number of hydrogen-bond donors (Lipinski definition) is 3. The summed E-state index contributed by atoms with van der Waals surface area (Å²) in [6, 6.07) is 1.91. The van der Waals surface area contributed by atoms with E-state index in [0.29, 0.717) is 0 Å². The van der Waals surface area contributed by atoms with Gasteiger partial charge in [0.15, 0.2) is 5.82 Å². The lowest BCUT2D eigenvalue weighted by molar-refractivity contribution is -0.117. The number of rotatable bonds is 4. The van der Waals surface area contributed by atoms with E-state index < -0.39 is 29.0 Å². The minimum Gasteiger partial charge on any atom is -0.396 e. The molecule has 0 fully saturated rings. The van der Waals surface area contributed by atoms with Gasteiger partial charge in [0, 0.05) is 13.0 Å². The molecule has 5 nitrogen and oxygen atoms in total. The Hall–Kier alpha value is -2.18. The Balaban J connectivity index is 2.82. The molecule has 0 aromatic heterocycles. The molecule has 0 heterocycles. The molecule has 17 heavy (non-hydrogen) atoms. The number of halogens is 2. The molecule has 2 amide bonds. The van der Waals surface area contributed by atoms with Crippen LogP contribution < -0.4 is 16.8 Å². The topological polar surface area (TPSA) is 98.2 Å². The van der Waals surface area contributed by atoms with Gasteiger partial charge in [0.05, 0.1) is 5.69 Å². The first-order chi connectivity index (χ1) is 7.93. The van der Waals surface area contributed by atoms with Crippen molar-refractivity contribution in [3.63, 3.8) is 0 Å². The highest BCUT2D eigenvalue weighted by Gasteiger charge is 2.19. The number of nitrogens with one attached hydrogen (secondary N) is 1. The monoisotopic (exact) mass is 243 g/mol. The minimum atomic E-state index is -1.12. The van der Waals surface area contributed by atoms with Gasteiger partial charge in [-0.2, -0.15) is 0 Å². The summed E-state index contributed by atoms with van der Waals surface area (Å²) in [6.07, 6.45) is -0.114. The van der Waals surface area contributed by atoms with Gasteiger partial charge in [0.25, 0.3) is 5.91 Å². The van der Waals surface area contributed by atoms with E-state index in [2.05, 4.69) is 5.32 Å². The molecule has 92 valence electrons. The zero-order valence-corrected chi connectivity index (χ0v) is 8.80. The van der Waals surface area contributed by atoms with Gasteiger partial charge in [0.2, 0.25) is 5.91 Å². The summed E-state index contributed by atoms with van der Waals surface area (Å²) in [5.41, 5.74) is 8.95. The van der Waals surface area contributed by atoms with Crippen molar-refractivity contribution in [2.75, 3.05) is 12.3 Å². The number of amides is 2. The van der Waals surface area contributed by atoms with E-state index >= 15 is 0 Å². The molecule has 0 aliphatic heterocycles. The number of nitrogens with two attached hydrogens (primary N) is 2. The zero-order valence-electron chi connectivity index (χ0n) is 8.80. The Morgan fingerprint density at radius 3 is 2.53 bits per heavy atom. The lowest BCUT2D eigenvalue weighted by Gasteiger charge is -2.07. The van der Waals surface area contributed by atoms with Crippen molar-refractivity contribution in [2.45, 2.75) is 6.42 Å². The summed E-state index contributed by atoms with van der Waals surface area (Å²) in [5, 5.41) is 2.16. The van der Waals surface area contributed by atoms with E-state index in [4.69, 9.17) is 11.5 Å². The van der Waals surface area contributed by atoms with Crippen LogP contribution in [0.2, 0.25) is 0 Å². The molecule has 0 bridgehead atoms. The Morgan fingerprint density at radius 2 is 1.94 bits per heavy atom. The Morgan fingerprint density at radius 1 is 1.29 bits per heavy atom. The molecule has 1 aromatic rings. The molecule has 0 atom stereocenters. The van der Waals surface area contributed by atoms with Crippen LogP contribution in [0.25, 0.3) is 0 Å². The SMILES string of the molecule is NC(=O)CCNC(=O)c1c(F)ccc(N)c1F. The van der Waals surface area contributed by atoms with Crippen molar-refractivity contribution in [2.24, 2.45) is 5.73 Å². The number of anilines is 1. The number of carbonyl (C=O) groups is 2. The molecule has 0 aliphatic carbocycles. The molecule has 0 spiro atoms. The summed E-state index contributed by atoms with van der Waals surface area (Å²) >= 11 is 0. The lowest BCUT2D eigenvalue weighted by Crippen LogP contribution is -2.29. The fourth-order valence-electron chi connectivity index (χ4n) is 1.16. The molecule has 0 aliphatic rings. The van der Waals surface area contributed by atoms with E-state index in [-0.39, 0.29) is 18.7 Å². The first-order valence-electron chi connectivity index (χ1n) is 4.73. The summed E-state index contributed by atoms with van der Waals surface area (Å²) in [7, 11) is 0. The average Bonchev–Trinajstić information content (AvgIpc) is 2.23. The third-order valence-corrected chi connectivity index (χ3v) is 2.01. The van der Waals surface area contributed by atoms with E-state index in [9.17, 15) is 18.4 Å². The van der Waals surface area contributed by atoms with Gasteiger partial charge >= 0.3 is 0 Å². The predicted octanol–water partition coefficient (Wildman–Crippen LogP) is 0.152. The van der Waals surface area contributed by atoms with Crippen LogP contribution in [0.5, 0.6) is 0 Å². The van der Waals surface area contributed by atoms with Crippen molar-refractivity contribution in [3.8, 4) is 0 Å². The number of hydrogen-bond acceptors (Lipinski definition) is 3. The van der Waals surface area contributed by atoms with Crippen molar-refractivity contribution >= 4 is 17.5 Å². The predicted molar refractivity (Wildman–Crippen MR) is 56.9 cm³/mol. The summed E-state index contributed by atoms with van der Waals surface area (Å²) in [5.74, 6) is -3.75. The molecular weight excluding hydrogens is 232 g/mol. The van der Waals surface area contributed by atoms with E-state index in [1.54, 1.807) is 0 Å². The fourth-order valence-corrected chi connectivity index (χ4v) is 1.16. The second-order valence-corrected chi connectivity index (χ2v) is 3.30. The highest BCUT2D eigenvalue weighted by Crippen LogP contribution is 2.18. The van der Waals surface area contributed by atoms with Crippen LogP contribution in [0.4, 0.5) is 14.5 Å². The summed E-state index contributed by atoms with van der Waals surface area (Å²) in [4.78, 5) is 21.8. The molecule has 5 N–H and O–H groups in total. The van der Waals surface area contributed by atoms with Gasteiger partial charge in [-0.1, -0.05) is 0 Å². The standard InChI is InChI=1S/C10H11F2N3O2/c11-5-1-2-6(13)9(12)8(5)10(17)15-4-3-7(14)16/h1-2H,3-4,13H2,(H2,14,16)(H,15,17). The average molecular weight is 243 g/mol. The maximum atomic E-state index is 13.4. The van der Waals surface area contributed by atoms with Gasteiger partial charge < -0.3 is 16.8 Å². The lowest BCUT2D eigenvalue weighted by atomic mass is 10.1. The first-order valence-corrected chi connectivity index (χ1v) is 4.73. The normalized spacial score (nSPS) is 10.0. The van der Waals surface area contributed by atoms with Crippen molar-refractivity contribution < 1.29 is 18.4 Å². The second-order valence-electron chi connectivity index (χ2n) is 3.30. The Labute approximate surface area is 95.8 Å². The van der Waals surface area contributed by atoms with Crippen LogP contribution in [0.3, 0.4) is 0 Å². The van der Waals surface area contributed by atoms with Crippen molar-refractivity contribution in [1.29, 1.82) is 0 Å². The highest BCUT2D eigenvalue weighted by molar-refractivity contribution is 5.95. The van der Waals surface area contributed by atoms with E-state index in [0.717, 1.165) is 12.1 Å². The largest absolute Gasteiger partial charge is 0.396 e. The number of primary amides is 1.